The van der Waals surface area contributed by atoms with E-state index in [0.29, 0.717) is 23.2 Å². The molecule has 0 aromatic heterocycles. The predicted molar refractivity (Wildman–Crippen MR) is 124 cm³/mol. The van der Waals surface area contributed by atoms with Gasteiger partial charge >= 0.3 is 0 Å². The molecule has 0 aromatic rings. The molecule has 2 heteroatoms. The Hall–Kier alpha value is -0.790. The Bertz CT molecular complexity index is 639. The van der Waals surface area contributed by atoms with E-state index in [1.165, 1.54) is 51.4 Å². The number of rotatable bonds is 7. The number of ether oxygens (including phenoxy) is 1. The molecule has 4 aliphatic carbocycles. The van der Waals surface area contributed by atoms with Crippen molar-refractivity contribution >= 4 is 6.47 Å². The van der Waals surface area contributed by atoms with Crippen LogP contribution in [0.15, 0.2) is 12.2 Å². The molecule has 0 heterocycles. The van der Waals surface area contributed by atoms with Crippen molar-refractivity contribution in [2.45, 2.75) is 105 Å². The standard InChI is InChI=1S/C28H46O2/c1-19(2)7-6-8-20(3)24-11-12-25-23-10-9-21-17-22(30-18-29)13-15-27(21,4)26(23)14-16-28(24,25)5/h9-10,18-26H,6-8,11-17H2,1-5H3. The van der Waals surface area contributed by atoms with Gasteiger partial charge in [0.1, 0.15) is 6.10 Å². The third-order valence-electron chi connectivity index (χ3n) is 10.6. The Morgan fingerprint density at radius 3 is 2.43 bits per heavy atom. The normalized spacial score (nSPS) is 46.1. The number of fused-ring (bicyclic) bond motifs is 5. The summed E-state index contributed by atoms with van der Waals surface area (Å²) in [4.78, 5) is 10.8. The van der Waals surface area contributed by atoms with Gasteiger partial charge in [-0.2, -0.15) is 0 Å². The van der Waals surface area contributed by atoms with E-state index in [1.54, 1.807) is 0 Å². The zero-order chi connectivity index (χ0) is 21.5. The summed E-state index contributed by atoms with van der Waals surface area (Å²) in [6, 6.07) is 0. The highest BCUT2D eigenvalue weighted by atomic mass is 16.5. The van der Waals surface area contributed by atoms with Crippen LogP contribution in [0.1, 0.15) is 98.8 Å². The van der Waals surface area contributed by atoms with Crippen LogP contribution in [0, 0.1) is 52.3 Å². The van der Waals surface area contributed by atoms with Crippen molar-refractivity contribution in [3.8, 4) is 0 Å². The number of carbonyl (C=O) groups is 1. The van der Waals surface area contributed by atoms with Gasteiger partial charge in [-0.25, -0.2) is 0 Å². The molecule has 9 atom stereocenters. The van der Waals surface area contributed by atoms with Crippen molar-refractivity contribution in [2.24, 2.45) is 52.3 Å². The molecule has 0 aromatic carbocycles. The molecule has 0 saturated heterocycles. The van der Waals surface area contributed by atoms with Crippen molar-refractivity contribution in [3.05, 3.63) is 12.2 Å². The highest BCUT2D eigenvalue weighted by molar-refractivity contribution is 5.37. The molecule has 30 heavy (non-hydrogen) atoms. The van der Waals surface area contributed by atoms with Crippen molar-refractivity contribution in [1.29, 1.82) is 0 Å². The summed E-state index contributed by atoms with van der Waals surface area (Å²) >= 11 is 0. The van der Waals surface area contributed by atoms with E-state index < -0.39 is 0 Å². The van der Waals surface area contributed by atoms with Crippen molar-refractivity contribution in [1.82, 2.24) is 0 Å². The van der Waals surface area contributed by atoms with E-state index >= 15 is 0 Å². The monoisotopic (exact) mass is 414 g/mol. The average molecular weight is 415 g/mol. The average Bonchev–Trinajstić information content (AvgIpc) is 3.05. The lowest BCUT2D eigenvalue weighted by atomic mass is 9.46. The summed E-state index contributed by atoms with van der Waals surface area (Å²) < 4.78 is 5.37. The van der Waals surface area contributed by atoms with Gasteiger partial charge in [0.25, 0.3) is 6.47 Å². The Kier molecular flexibility index (Phi) is 6.44. The van der Waals surface area contributed by atoms with Crippen LogP contribution < -0.4 is 0 Å². The second-order valence-electron chi connectivity index (χ2n) is 12.4. The molecule has 9 unspecified atom stereocenters. The Labute approximate surface area is 185 Å². The summed E-state index contributed by atoms with van der Waals surface area (Å²) in [6.07, 6.45) is 18.6. The third kappa shape index (κ3) is 3.79. The zero-order valence-electron chi connectivity index (χ0n) is 20.2. The predicted octanol–water partition coefficient (Wildman–Crippen LogP) is 7.43. The number of hydrogen-bond acceptors (Lipinski definition) is 2. The maximum atomic E-state index is 10.8. The Balaban J connectivity index is 1.48. The Morgan fingerprint density at radius 2 is 1.70 bits per heavy atom. The van der Waals surface area contributed by atoms with Crippen LogP contribution in [-0.2, 0) is 9.53 Å². The topological polar surface area (TPSA) is 26.3 Å². The fourth-order valence-electron chi connectivity index (χ4n) is 8.81. The Morgan fingerprint density at radius 1 is 0.967 bits per heavy atom. The van der Waals surface area contributed by atoms with Gasteiger partial charge < -0.3 is 4.74 Å². The number of allylic oxidation sites excluding steroid dienone is 2. The van der Waals surface area contributed by atoms with Gasteiger partial charge in [0.2, 0.25) is 0 Å². The number of carbonyl (C=O) groups excluding carboxylic acids is 1. The highest BCUT2D eigenvalue weighted by Crippen LogP contribution is 2.67. The molecule has 2 nitrogen and oxygen atoms in total. The molecule has 0 bridgehead atoms. The van der Waals surface area contributed by atoms with Crippen molar-refractivity contribution in [3.63, 3.8) is 0 Å². The first-order chi connectivity index (χ1) is 14.3. The van der Waals surface area contributed by atoms with Crippen molar-refractivity contribution in [2.75, 3.05) is 0 Å². The van der Waals surface area contributed by atoms with Crippen LogP contribution in [0.3, 0.4) is 0 Å². The molecule has 0 aliphatic heterocycles. The van der Waals surface area contributed by atoms with Gasteiger partial charge in [-0.15, -0.1) is 0 Å². The van der Waals surface area contributed by atoms with Gasteiger partial charge in [0, 0.05) is 0 Å². The van der Waals surface area contributed by atoms with E-state index in [0.717, 1.165) is 48.3 Å². The summed E-state index contributed by atoms with van der Waals surface area (Å²) in [7, 11) is 0. The maximum Gasteiger partial charge on any atom is 0.293 e. The molecule has 0 N–H and O–H groups in total. The summed E-state index contributed by atoms with van der Waals surface area (Å²) in [6.45, 7) is 13.2. The van der Waals surface area contributed by atoms with E-state index in [2.05, 4.69) is 46.8 Å². The molecule has 0 spiro atoms. The summed E-state index contributed by atoms with van der Waals surface area (Å²) in [5, 5.41) is 0. The molecular weight excluding hydrogens is 368 g/mol. The molecule has 3 fully saturated rings. The minimum atomic E-state index is 0.137. The van der Waals surface area contributed by atoms with Crippen LogP contribution in [0.2, 0.25) is 0 Å². The van der Waals surface area contributed by atoms with Gasteiger partial charge in [0.05, 0.1) is 0 Å². The SMILES string of the molecule is CC(C)CCCC(C)C1CCC2C3C=CC4CC(OC=O)CCC4(C)C3CCC12C. The smallest absolute Gasteiger partial charge is 0.293 e. The highest BCUT2D eigenvalue weighted by Gasteiger charge is 2.59. The fraction of sp³-hybridized carbons (Fsp3) is 0.893. The van der Waals surface area contributed by atoms with Gasteiger partial charge in [-0.05, 0) is 97.2 Å². The lowest BCUT2D eigenvalue weighted by Crippen LogP contribution is -2.52. The molecule has 0 amide bonds. The van der Waals surface area contributed by atoms with Crippen LogP contribution in [0.5, 0.6) is 0 Å². The first-order valence-electron chi connectivity index (χ1n) is 13.1. The molecule has 4 rings (SSSR count). The molecule has 170 valence electrons. The first-order valence-corrected chi connectivity index (χ1v) is 13.1. The number of hydrogen-bond donors (Lipinski definition) is 0. The zero-order valence-corrected chi connectivity index (χ0v) is 20.2. The minimum Gasteiger partial charge on any atom is -0.465 e. The van der Waals surface area contributed by atoms with Gasteiger partial charge in [-0.1, -0.05) is 66.0 Å². The van der Waals surface area contributed by atoms with Crippen LogP contribution in [0.4, 0.5) is 0 Å². The third-order valence-corrected chi connectivity index (χ3v) is 10.6. The summed E-state index contributed by atoms with van der Waals surface area (Å²) in [5.74, 6) is 5.72. The second-order valence-corrected chi connectivity index (χ2v) is 12.4. The van der Waals surface area contributed by atoms with Crippen LogP contribution in [0.25, 0.3) is 0 Å². The van der Waals surface area contributed by atoms with E-state index in [1.807, 2.05) is 0 Å². The first kappa shape index (κ1) is 22.4. The molecule has 0 radical (unpaired) electrons. The van der Waals surface area contributed by atoms with Crippen LogP contribution in [-0.4, -0.2) is 12.6 Å². The molecule has 3 saturated carbocycles. The maximum absolute atomic E-state index is 10.8. The quantitative estimate of drug-likeness (QED) is 0.320. The molecule has 4 aliphatic rings. The second kappa shape index (κ2) is 8.62. The van der Waals surface area contributed by atoms with E-state index in [9.17, 15) is 4.79 Å². The largest absolute Gasteiger partial charge is 0.465 e. The minimum absolute atomic E-state index is 0.137. The lowest BCUT2D eigenvalue weighted by molar-refractivity contribution is -0.140. The molecular formula is C28H46O2. The van der Waals surface area contributed by atoms with E-state index in [4.69, 9.17) is 4.74 Å². The van der Waals surface area contributed by atoms with Crippen molar-refractivity contribution < 1.29 is 9.53 Å². The van der Waals surface area contributed by atoms with Gasteiger partial charge in [0.15, 0.2) is 0 Å². The fourth-order valence-corrected chi connectivity index (χ4v) is 8.81. The van der Waals surface area contributed by atoms with E-state index in [-0.39, 0.29) is 6.10 Å². The van der Waals surface area contributed by atoms with Crippen LogP contribution >= 0.6 is 0 Å². The summed E-state index contributed by atoms with van der Waals surface area (Å²) in [5.41, 5.74) is 0.953. The lowest BCUT2D eigenvalue weighted by Gasteiger charge is -2.59. The van der Waals surface area contributed by atoms with Gasteiger partial charge in [-0.3, -0.25) is 4.79 Å².